The number of anilines is 2. The molecule has 1 saturated heterocycles. The van der Waals surface area contributed by atoms with Crippen molar-refractivity contribution in [1.29, 1.82) is 0 Å². The molecule has 1 aromatic heterocycles. The molecule has 0 unspecified atom stereocenters. The van der Waals surface area contributed by atoms with Gasteiger partial charge in [-0.3, -0.25) is 14.7 Å². The summed E-state index contributed by atoms with van der Waals surface area (Å²) in [4.78, 5) is 29.3. The molecule has 2 aliphatic heterocycles. The smallest absolute Gasteiger partial charge is 0.257 e. The molecular weight excluding hydrogens is 378 g/mol. The molecule has 30 heavy (non-hydrogen) atoms. The van der Waals surface area contributed by atoms with Crippen LogP contribution in [0.25, 0.3) is 10.9 Å². The number of nitrogens with zero attached hydrogens (tertiary/aromatic N) is 3. The predicted molar refractivity (Wildman–Crippen MR) is 116 cm³/mol. The highest BCUT2D eigenvalue weighted by Crippen LogP contribution is 2.32. The van der Waals surface area contributed by atoms with Crippen LogP contribution in [0.1, 0.15) is 40.9 Å². The average molecular weight is 403 g/mol. The molecule has 2 N–H and O–H groups in total. The molecule has 1 fully saturated rings. The van der Waals surface area contributed by atoms with E-state index in [0.29, 0.717) is 12.1 Å². The van der Waals surface area contributed by atoms with Gasteiger partial charge in [-0.1, -0.05) is 12.1 Å². The highest BCUT2D eigenvalue weighted by atomic mass is 16.2. The van der Waals surface area contributed by atoms with Crippen LogP contribution in [0.15, 0.2) is 36.4 Å². The lowest BCUT2D eigenvalue weighted by Gasteiger charge is -2.28. The van der Waals surface area contributed by atoms with E-state index in [1.165, 1.54) is 6.42 Å². The lowest BCUT2D eigenvalue weighted by molar-refractivity contribution is -0.132. The van der Waals surface area contributed by atoms with Gasteiger partial charge in [-0.15, -0.1) is 0 Å². The zero-order valence-electron chi connectivity index (χ0n) is 17.1. The molecule has 2 amide bonds. The van der Waals surface area contributed by atoms with Gasteiger partial charge in [-0.2, -0.15) is 5.10 Å². The Bertz CT molecular complexity index is 1130. The summed E-state index contributed by atoms with van der Waals surface area (Å²) in [6.07, 6.45) is 3.28. The maximum atomic E-state index is 13.1. The van der Waals surface area contributed by atoms with Crippen molar-refractivity contribution in [3.05, 3.63) is 53.2 Å². The number of H-pyrrole nitrogens is 1. The van der Waals surface area contributed by atoms with Gasteiger partial charge in [0, 0.05) is 36.4 Å². The summed E-state index contributed by atoms with van der Waals surface area (Å²) in [7, 11) is 0. The van der Waals surface area contributed by atoms with E-state index in [0.717, 1.165) is 59.5 Å². The second-order valence-electron chi connectivity index (χ2n) is 8.15. The molecule has 0 aliphatic carbocycles. The van der Waals surface area contributed by atoms with Gasteiger partial charge < -0.3 is 15.1 Å². The third kappa shape index (κ3) is 3.30. The number of carbonyl (C=O) groups is 2. The Kier molecular flexibility index (Phi) is 4.65. The van der Waals surface area contributed by atoms with Crippen molar-refractivity contribution < 1.29 is 9.59 Å². The highest BCUT2D eigenvalue weighted by molar-refractivity contribution is 6.05. The normalized spacial score (nSPS) is 16.2. The Morgan fingerprint density at radius 2 is 2.00 bits per heavy atom. The number of likely N-dealkylation sites (tertiary alicyclic amines) is 1. The fourth-order valence-electron chi connectivity index (χ4n) is 4.44. The van der Waals surface area contributed by atoms with Crippen LogP contribution in [0.2, 0.25) is 0 Å². The van der Waals surface area contributed by atoms with Crippen molar-refractivity contribution >= 4 is 34.1 Å². The third-order valence-electron chi connectivity index (χ3n) is 6.07. The van der Waals surface area contributed by atoms with E-state index in [4.69, 9.17) is 0 Å². The Morgan fingerprint density at radius 3 is 2.83 bits per heavy atom. The van der Waals surface area contributed by atoms with Crippen molar-refractivity contribution in [3.63, 3.8) is 0 Å². The first-order chi connectivity index (χ1) is 14.6. The Morgan fingerprint density at radius 1 is 1.17 bits per heavy atom. The molecule has 154 valence electrons. The van der Waals surface area contributed by atoms with Gasteiger partial charge in [0.15, 0.2) is 0 Å². The standard InChI is InChI=1S/C23H25N5O2/c1-15-18-9-8-17(12-20(18)26-25-15)24-19-7-5-6-16-13-28(23(30)22(16)19)14-21(29)27-10-3-2-4-11-27/h5-9,12,24H,2-4,10-11,13-14H2,1H3,(H,25,26). The first kappa shape index (κ1) is 18.7. The Balaban J connectivity index is 1.36. The number of aromatic amines is 1. The zero-order valence-corrected chi connectivity index (χ0v) is 17.1. The predicted octanol–water partition coefficient (Wildman–Crippen LogP) is 3.58. The number of carbonyl (C=O) groups excluding carboxylic acids is 2. The van der Waals surface area contributed by atoms with E-state index in [2.05, 4.69) is 15.5 Å². The minimum atomic E-state index is -0.0878. The van der Waals surface area contributed by atoms with Crippen LogP contribution in [-0.2, 0) is 11.3 Å². The van der Waals surface area contributed by atoms with Gasteiger partial charge in [0.2, 0.25) is 5.91 Å². The topological polar surface area (TPSA) is 81.3 Å². The number of aromatic nitrogens is 2. The van der Waals surface area contributed by atoms with E-state index < -0.39 is 0 Å². The van der Waals surface area contributed by atoms with Crippen LogP contribution in [0.5, 0.6) is 0 Å². The van der Waals surface area contributed by atoms with E-state index in [-0.39, 0.29) is 18.4 Å². The zero-order chi connectivity index (χ0) is 20.7. The van der Waals surface area contributed by atoms with E-state index in [1.54, 1.807) is 4.90 Å². The fraction of sp³-hybridized carbons (Fsp3) is 0.348. The van der Waals surface area contributed by atoms with Crippen molar-refractivity contribution in [1.82, 2.24) is 20.0 Å². The van der Waals surface area contributed by atoms with E-state index in [9.17, 15) is 9.59 Å². The van der Waals surface area contributed by atoms with Crippen molar-refractivity contribution in [2.24, 2.45) is 0 Å². The van der Waals surface area contributed by atoms with Crippen LogP contribution >= 0.6 is 0 Å². The van der Waals surface area contributed by atoms with Gasteiger partial charge >= 0.3 is 0 Å². The second kappa shape index (κ2) is 7.48. The molecule has 7 heteroatoms. The molecule has 0 spiro atoms. The molecule has 0 bridgehead atoms. The van der Waals surface area contributed by atoms with Gasteiger partial charge in [0.25, 0.3) is 5.91 Å². The minimum Gasteiger partial charge on any atom is -0.355 e. The maximum Gasteiger partial charge on any atom is 0.257 e. The van der Waals surface area contributed by atoms with Crippen LogP contribution < -0.4 is 5.32 Å². The molecule has 0 atom stereocenters. The molecule has 3 aromatic rings. The van der Waals surface area contributed by atoms with Crippen LogP contribution in [-0.4, -0.2) is 51.4 Å². The summed E-state index contributed by atoms with van der Waals surface area (Å²) >= 11 is 0. The molecule has 5 rings (SSSR count). The SMILES string of the molecule is Cc1[nH]nc2cc(Nc3cccc4c3C(=O)N(CC(=O)N3CCCCC3)C4)ccc12. The minimum absolute atomic E-state index is 0.0460. The number of benzene rings is 2. The summed E-state index contributed by atoms with van der Waals surface area (Å²) in [6.45, 7) is 4.21. The Hall–Kier alpha value is -3.35. The van der Waals surface area contributed by atoms with Gasteiger partial charge in [-0.25, -0.2) is 0 Å². The van der Waals surface area contributed by atoms with Gasteiger partial charge in [0.1, 0.15) is 6.54 Å². The number of hydrogen-bond acceptors (Lipinski definition) is 4. The number of amides is 2. The lowest BCUT2D eigenvalue weighted by atomic mass is 10.1. The van der Waals surface area contributed by atoms with Crippen molar-refractivity contribution in [3.8, 4) is 0 Å². The van der Waals surface area contributed by atoms with Crippen LogP contribution in [0.3, 0.4) is 0 Å². The van der Waals surface area contributed by atoms with Gasteiger partial charge in [0.05, 0.1) is 16.8 Å². The van der Waals surface area contributed by atoms with Crippen LogP contribution in [0.4, 0.5) is 11.4 Å². The summed E-state index contributed by atoms with van der Waals surface area (Å²) < 4.78 is 0. The fourth-order valence-corrected chi connectivity index (χ4v) is 4.44. The summed E-state index contributed by atoms with van der Waals surface area (Å²) in [5, 5.41) is 11.8. The first-order valence-electron chi connectivity index (χ1n) is 10.5. The molecule has 3 heterocycles. The number of rotatable bonds is 4. The summed E-state index contributed by atoms with van der Waals surface area (Å²) in [6, 6.07) is 11.8. The molecule has 0 radical (unpaired) electrons. The van der Waals surface area contributed by atoms with Gasteiger partial charge in [-0.05, 0) is 56.0 Å². The number of aryl methyl sites for hydroxylation is 1. The number of fused-ring (bicyclic) bond motifs is 2. The Labute approximate surface area is 175 Å². The lowest BCUT2D eigenvalue weighted by Crippen LogP contribution is -2.42. The van der Waals surface area contributed by atoms with Crippen LogP contribution in [0, 0.1) is 6.92 Å². The van der Waals surface area contributed by atoms with Crippen molar-refractivity contribution in [2.75, 3.05) is 25.0 Å². The summed E-state index contributed by atoms with van der Waals surface area (Å²) in [5.41, 5.74) is 5.15. The number of nitrogens with one attached hydrogen (secondary N) is 2. The summed E-state index contributed by atoms with van der Waals surface area (Å²) in [5.74, 6) is -0.0418. The first-order valence-corrected chi connectivity index (χ1v) is 10.5. The number of hydrogen-bond donors (Lipinski definition) is 2. The molecule has 2 aliphatic rings. The highest BCUT2D eigenvalue weighted by Gasteiger charge is 2.32. The molecule has 2 aromatic carbocycles. The largest absolute Gasteiger partial charge is 0.355 e. The third-order valence-corrected chi connectivity index (χ3v) is 6.07. The van der Waals surface area contributed by atoms with E-state index in [1.807, 2.05) is 48.2 Å². The molecule has 7 nitrogen and oxygen atoms in total. The van der Waals surface area contributed by atoms with E-state index >= 15 is 0 Å². The van der Waals surface area contributed by atoms with Crippen molar-refractivity contribution in [2.45, 2.75) is 32.7 Å². The molecule has 0 saturated carbocycles. The second-order valence-corrected chi connectivity index (χ2v) is 8.15. The monoisotopic (exact) mass is 403 g/mol. The number of piperidine rings is 1. The molecular formula is C23H25N5O2. The maximum absolute atomic E-state index is 13.1. The quantitative estimate of drug-likeness (QED) is 0.698. The average Bonchev–Trinajstić information content (AvgIpc) is 3.29.